The maximum Gasteiger partial charge on any atom is 0.420 e. The molecule has 0 saturated carbocycles. The molecule has 1 N–H and O–H groups in total. The number of halogens is 3. The Morgan fingerprint density at radius 3 is 2.69 bits per heavy atom. The van der Waals surface area contributed by atoms with E-state index in [4.69, 9.17) is 9.47 Å². The monoisotopic (exact) mass is 520 g/mol. The summed E-state index contributed by atoms with van der Waals surface area (Å²) in [6, 6.07) is 7.31. The number of nitrogens with one attached hydrogen (secondary N) is 1. The van der Waals surface area contributed by atoms with Crippen LogP contribution in [0.4, 0.5) is 24.0 Å². The lowest BCUT2D eigenvalue weighted by Gasteiger charge is -2.26. The number of amides is 1. The van der Waals surface area contributed by atoms with Crippen molar-refractivity contribution in [3.8, 4) is 17.0 Å². The van der Waals surface area contributed by atoms with Crippen molar-refractivity contribution in [1.82, 2.24) is 14.9 Å². The number of anilines is 2. The minimum absolute atomic E-state index is 0.149. The standard InChI is InChI=1S/C25H27F3N4O3S/c1-2-3-4-11-35-22-8-6-18(14-19(22)25(26,27)28)30-24-31-21(16-36-24)17-5-7-20(29-15-17)23(33)32-9-12-34-13-10-32/h5-8,14-16H,2-4,9-13H2,1H3,(H,30,31). The summed E-state index contributed by atoms with van der Waals surface area (Å²) in [6.45, 7) is 4.35. The average molecular weight is 521 g/mol. The molecular weight excluding hydrogens is 493 g/mol. The second-order valence-corrected chi connectivity index (χ2v) is 9.12. The topological polar surface area (TPSA) is 76.6 Å². The van der Waals surface area contributed by atoms with Crippen molar-refractivity contribution in [3.05, 3.63) is 53.2 Å². The fourth-order valence-electron chi connectivity index (χ4n) is 3.68. The number of carbonyl (C=O) groups excluding carboxylic acids is 1. The first-order chi connectivity index (χ1) is 17.3. The summed E-state index contributed by atoms with van der Waals surface area (Å²) in [5, 5.41) is 5.15. The number of alkyl halides is 3. The summed E-state index contributed by atoms with van der Waals surface area (Å²) >= 11 is 1.26. The van der Waals surface area contributed by atoms with Crippen molar-refractivity contribution < 1.29 is 27.4 Å². The highest BCUT2D eigenvalue weighted by molar-refractivity contribution is 7.14. The number of pyridine rings is 1. The predicted molar refractivity (Wildman–Crippen MR) is 132 cm³/mol. The normalized spacial score (nSPS) is 14.1. The van der Waals surface area contributed by atoms with Gasteiger partial charge in [-0.15, -0.1) is 11.3 Å². The maximum absolute atomic E-state index is 13.6. The molecule has 192 valence electrons. The quantitative estimate of drug-likeness (QED) is 0.348. The first-order valence-corrected chi connectivity index (χ1v) is 12.6. The Labute approximate surface area is 211 Å². The van der Waals surface area contributed by atoms with E-state index in [1.54, 1.807) is 34.7 Å². The molecule has 0 spiro atoms. The largest absolute Gasteiger partial charge is 0.493 e. The van der Waals surface area contributed by atoms with Gasteiger partial charge in [-0.1, -0.05) is 19.8 Å². The van der Waals surface area contributed by atoms with Crippen LogP contribution in [-0.2, 0) is 10.9 Å². The fourth-order valence-corrected chi connectivity index (χ4v) is 4.42. The number of hydrogen-bond donors (Lipinski definition) is 1. The maximum atomic E-state index is 13.6. The van der Waals surface area contributed by atoms with Gasteiger partial charge in [0.05, 0.1) is 31.1 Å². The Bertz CT molecular complexity index is 1160. The zero-order valence-corrected chi connectivity index (χ0v) is 20.6. The molecule has 1 saturated heterocycles. The zero-order chi connectivity index (χ0) is 25.5. The van der Waals surface area contributed by atoms with Crippen molar-refractivity contribution in [2.75, 3.05) is 38.2 Å². The van der Waals surface area contributed by atoms with E-state index in [0.717, 1.165) is 18.9 Å². The highest BCUT2D eigenvalue weighted by atomic mass is 32.1. The Balaban J connectivity index is 1.44. The van der Waals surface area contributed by atoms with Crippen LogP contribution < -0.4 is 10.1 Å². The molecule has 0 bridgehead atoms. The van der Waals surface area contributed by atoms with Crippen LogP contribution in [0.2, 0.25) is 0 Å². The summed E-state index contributed by atoms with van der Waals surface area (Å²) in [4.78, 5) is 23.0. The number of carbonyl (C=O) groups is 1. The average Bonchev–Trinajstić information content (AvgIpc) is 3.35. The highest BCUT2D eigenvalue weighted by Crippen LogP contribution is 2.39. The summed E-state index contributed by atoms with van der Waals surface area (Å²) < 4.78 is 51.5. The molecule has 1 fully saturated rings. The Morgan fingerprint density at radius 1 is 1.19 bits per heavy atom. The number of ether oxygens (including phenoxy) is 2. The molecule has 4 rings (SSSR count). The second kappa shape index (κ2) is 11.7. The van der Waals surface area contributed by atoms with Crippen LogP contribution in [0.25, 0.3) is 11.3 Å². The van der Waals surface area contributed by atoms with E-state index in [2.05, 4.69) is 15.3 Å². The first-order valence-electron chi connectivity index (χ1n) is 11.7. The van der Waals surface area contributed by atoms with E-state index < -0.39 is 11.7 Å². The molecule has 3 heterocycles. The van der Waals surface area contributed by atoms with Gasteiger partial charge in [0.15, 0.2) is 5.13 Å². The third-order valence-corrected chi connectivity index (χ3v) is 6.38. The molecule has 1 aliphatic heterocycles. The molecule has 36 heavy (non-hydrogen) atoms. The molecular formula is C25H27F3N4O3S. The van der Waals surface area contributed by atoms with Crippen molar-refractivity contribution in [2.24, 2.45) is 0 Å². The van der Waals surface area contributed by atoms with Crippen LogP contribution in [0, 0.1) is 0 Å². The third kappa shape index (κ3) is 6.52. The van der Waals surface area contributed by atoms with Gasteiger partial charge in [-0.3, -0.25) is 9.78 Å². The van der Waals surface area contributed by atoms with Crippen LogP contribution in [-0.4, -0.2) is 53.7 Å². The number of rotatable bonds is 9. The number of hydrogen-bond acceptors (Lipinski definition) is 7. The molecule has 1 amide bonds. The predicted octanol–water partition coefficient (Wildman–Crippen LogP) is 6.01. The van der Waals surface area contributed by atoms with Crippen molar-refractivity contribution in [1.29, 1.82) is 0 Å². The van der Waals surface area contributed by atoms with Gasteiger partial charge >= 0.3 is 6.18 Å². The third-order valence-electron chi connectivity index (χ3n) is 5.62. The molecule has 0 radical (unpaired) electrons. The van der Waals surface area contributed by atoms with Crippen molar-refractivity contribution in [3.63, 3.8) is 0 Å². The molecule has 11 heteroatoms. The minimum Gasteiger partial charge on any atom is -0.493 e. The van der Waals surface area contributed by atoms with E-state index in [0.29, 0.717) is 54.8 Å². The molecule has 2 aromatic heterocycles. The summed E-state index contributed by atoms with van der Waals surface area (Å²) in [7, 11) is 0. The SMILES string of the molecule is CCCCCOc1ccc(Nc2nc(-c3ccc(C(=O)N4CCOCC4)nc3)cs2)cc1C(F)(F)F. The number of aromatic nitrogens is 2. The van der Waals surface area contributed by atoms with Gasteiger partial charge in [-0.2, -0.15) is 13.2 Å². The molecule has 1 aromatic carbocycles. The van der Waals surface area contributed by atoms with Gasteiger partial charge in [0.1, 0.15) is 11.4 Å². The van der Waals surface area contributed by atoms with Crippen LogP contribution in [0.3, 0.4) is 0 Å². The van der Waals surface area contributed by atoms with E-state index >= 15 is 0 Å². The molecule has 1 aliphatic rings. The Morgan fingerprint density at radius 2 is 2.00 bits per heavy atom. The van der Waals surface area contributed by atoms with E-state index in [1.165, 1.54) is 17.4 Å². The fraction of sp³-hybridized carbons (Fsp3) is 0.400. The van der Waals surface area contributed by atoms with Crippen molar-refractivity contribution in [2.45, 2.75) is 32.4 Å². The van der Waals surface area contributed by atoms with Crippen LogP contribution >= 0.6 is 11.3 Å². The number of unbranched alkanes of at least 4 members (excludes halogenated alkanes) is 2. The Hall–Kier alpha value is -3.18. The van der Waals surface area contributed by atoms with Gasteiger partial charge in [0.2, 0.25) is 0 Å². The first kappa shape index (κ1) is 25.9. The molecule has 0 atom stereocenters. The van der Waals surface area contributed by atoms with Gasteiger partial charge < -0.3 is 19.7 Å². The zero-order valence-electron chi connectivity index (χ0n) is 19.8. The number of thiazole rings is 1. The highest BCUT2D eigenvalue weighted by Gasteiger charge is 2.35. The minimum atomic E-state index is -4.54. The number of nitrogens with zero attached hydrogens (tertiary/aromatic N) is 3. The number of morpholine rings is 1. The lowest BCUT2D eigenvalue weighted by Crippen LogP contribution is -2.41. The van der Waals surface area contributed by atoms with Crippen LogP contribution in [0.15, 0.2) is 41.9 Å². The lowest BCUT2D eigenvalue weighted by atomic mass is 10.1. The van der Waals surface area contributed by atoms with Gasteiger partial charge in [-0.05, 0) is 36.8 Å². The lowest BCUT2D eigenvalue weighted by molar-refractivity contribution is -0.138. The Kier molecular flexibility index (Phi) is 8.42. The van der Waals surface area contributed by atoms with Crippen molar-refractivity contribution >= 4 is 28.1 Å². The smallest absolute Gasteiger partial charge is 0.420 e. The molecule has 3 aromatic rings. The summed E-state index contributed by atoms with van der Waals surface area (Å²) in [5.74, 6) is -0.328. The molecule has 0 aliphatic carbocycles. The molecule has 7 nitrogen and oxygen atoms in total. The van der Waals surface area contributed by atoms with Gasteiger partial charge in [0.25, 0.3) is 5.91 Å². The van der Waals surface area contributed by atoms with E-state index in [1.807, 2.05) is 6.92 Å². The summed E-state index contributed by atoms with van der Waals surface area (Å²) in [5.41, 5.74) is 1.07. The van der Waals surface area contributed by atoms with E-state index in [9.17, 15) is 18.0 Å². The van der Waals surface area contributed by atoms with Gasteiger partial charge in [-0.25, -0.2) is 4.98 Å². The second-order valence-electron chi connectivity index (χ2n) is 8.26. The van der Waals surface area contributed by atoms with Crippen LogP contribution in [0.5, 0.6) is 5.75 Å². The van der Waals surface area contributed by atoms with Crippen LogP contribution in [0.1, 0.15) is 42.2 Å². The number of benzene rings is 1. The summed E-state index contributed by atoms with van der Waals surface area (Å²) in [6.07, 6.45) is -0.416. The van der Waals surface area contributed by atoms with Gasteiger partial charge in [0, 0.05) is 35.9 Å². The van der Waals surface area contributed by atoms with E-state index in [-0.39, 0.29) is 24.0 Å². The molecule has 0 unspecified atom stereocenters.